The summed E-state index contributed by atoms with van der Waals surface area (Å²) >= 11 is 6.53. The Morgan fingerprint density at radius 2 is 1.83 bits per heavy atom. The molecule has 16 heteroatoms. The van der Waals surface area contributed by atoms with E-state index in [2.05, 4.69) is 30.9 Å². The van der Waals surface area contributed by atoms with E-state index in [1.165, 1.54) is 11.6 Å². The zero-order valence-corrected chi connectivity index (χ0v) is 31.1. The second kappa shape index (κ2) is 15.7. The summed E-state index contributed by atoms with van der Waals surface area (Å²) in [6, 6.07) is 13.0. The Hall–Kier alpha value is -5.70. The number of amides is 3. The van der Waals surface area contributed by atoms with Gasteiger partial charge in [-0.3, -0.25) is 29.2 Å². The molecule has 0 bridgehead atoms. The Morgan fingerprint density at radius 1 is 1.02 bits per heavy atom. The van der Waals surface area contributed by atoms with Gasteiger partial charge in [0, 0.05) is 63.2 Å². The summed E-state index contributed by atoms with van der Waals surface area (Å²) in [5.41, 5.74) is 2.65. The van der Waals surface area contributed by atoms with Crippen LogP contribution in [0.15, 0.2) is 53.5 Å². The van der Waals surface area contributed by atoms with E-state index in [4.69, 9.17) is 26.1 Å². The molecule has 54 heavy (non-hydrogen) atoms. The number of nitrogens with zero attached hydrogens (tertiary/aromatic N) is 6. The first-order valence-corrected chi connectivity index (χ1v) is 18.4. The predicted molar refractivity (Wildman–Crippen MR) is 205 cm³/mol. The Morgan fingerprint density at radius 3 is 2.61 bits per heavy atom. The minimum absolute atomic E-state index is 0.0788. The highest BCUT2D eigenvalue weighted by atomic mass is 35.5. The summed E-state index contributed by atoms with van der Waals surface area (Å²) in [5, 5.41) is 14.8. The molecular formula is C38H42ClN9O6. The Bertz CT molecular complexity index is 2300. The molecule has 3 aromatic heterocycles. The first-order chi connectivity index (χ1) is 26.1. The van der Waals surface area contributed by atoms with E-state index in [-0.39, 0.29) is 35.6 Å². The molecule has 5 heterocycles. The monoisotopic (exact) mass is 755 g/mol. The third kappa shape index (κ3) is 7.81. The maximum absolute atomic E-state index is 12.8. The normalized spacial score (nSPS) is 16.4. The minimum atomic E-state index is -0.440. The summed E-state index contributed by atoms with van der Waals surface area (Å²) in [7, 11) is 5.01. The van der Waals surface area contributed by atoms with Gasteiger partial charge in [-0.25, -0.2) is 4.98 Å². The Labute approximate surface area is 316 Å². The maximum Gasteiger partial charge on any atom is 0.293 e. The number of anilines is 3. The Balaban J connectivity index is 0.915. The van der Waals surface area contributed by atoms with Gasteiger partial charge in [0.15, 0.2) is 18.2 Å². The van der Waals surface area contributed by atoms with Crippen molar-refractivity contribution in [1.29, 1.82) is 0 Å². The van der Waals surface area contributed by atoms with Gasteiger partial charge in [-0.15, -0.1) is 0 Å². The van der Waals surface area contributed by atoms with Gasteiger partial charge < -0.3 is 29.6 Å². The fourth-order valence-electron chi connectivity index (χ4n) is 7.13. The van der Waals surface area contributed by atoms with Crippen LogP contribution in [0.5, 0.6) is 11.5 Å². The van der Waals surface area contributed by atoms with Crippen LogP contribution in [-0.4, -0.2) is 75.4 Å². The minimum Gasteiger partial charge on any atom is -0.494 e. The Kier molecular flexibility index (Phi) is 10.7. The number of likely N-dealkylation sites (N-methyl/N-ethyl adjacent to an activating group) is 1. The number of hydrogen-bond acceptors (Lipinski definition) is 11. The number of piperidine rings is 2. The van der Waals surface area contributed by atoms with E-state index in [9.17, 15) is 19.2 Å². The van der Waals surface area contributed by atoms with Crippen LogP contribution in [0.3, 0.4) is 0 Å². The largest absolute Gasteiger partial charge is 0.494 e. The lowest BCUT2D eigenvalue weighted by atomic mass is 9.92. The van der Waals surface area contributed by atoms with Crippen LogP contribution in [-0.2, 0) is 28.5 Å². The summed E-state index contributed by atoms with van der Waals surface area (Å²) < 4.78 is 14.9. The van der Waals surface area contributed by atoms with Gasteiger partial charge in [-0.05, 0) is 74.4 Å². The quantitative estimate of drug-likeness (QED) is 0.122. The number of nitrogens with one attached hydrogen (secondary N) is 3. The van der Waals surface area contributed by atoms with Crippen molar-refractivity contribution in [2.24, 2.45) is 20.0 Å². The van der Waals surface area contributed by atoms with Crippen LogP contribution < -0.4 is 35.9 Å². The molecule has 2 fully saturated rings. The molecule has 2 saturated heterocycles. The molecule has 0 radical (unpaired) electrons. The van der Waals surface area contributed by atoms with E-state index in [1.54, 1.807) is 24.0 Å². The fraction of sp³-hybridized carbons (Fsp3) is 0.395. The molecule has 3 amide bonds. The first-order valence-electron chi connectivity index (χ1n) is 18.0. The van der Waals surface area contributed by atoms with Crippen molar-refractivity contribution in [2.45, 2.75) is 44.4 Å². The van der Waals surface area contributed by atoms with E-state index in [0.717, 1.165) is 60.8 Å². The number of hydrogen-bond donors (Lipinski definition) is 3. The van der Waals surface area contributed by atoms with Gasteiger partial charge >= 0.3 is 0 Å². The van der Waals surface area contributed by atoms with E-state index in [1.807, 2.05) is 43.4 Å². The SMILES string of the molecule is CNC(=O)COc1cc2cc(Nc3nc(N4CCC(CCCOc5ccc6c(C7CCC(=O)NC7=O)nn(C)c6c5)CC4)ncc3Cl)ccc2n(C)c1=O. The lowest BCUT2D eigenvalue weighted by Crippen LogP contribution is -2.39. The maximum atomic E-state index is 12.8. The lowest BCUT2D eigenvalue weighted by Gasteiger charge is -2.32. The summed E-state index contributed by atoms with van der Waals surface area (Å²) in [6.07, 6.45) is 6.34. The number of benzene rings is 2. The zero-order valence-electron chi connectivity index (χ0n) is 30.4. The smallest absolute Gasteiger partial charge is 0.293 e. The van der Waals surface area contributed by atoms with Crippen LogP contribution >= 0.6 is 11.6 Å². The number of rotatable bonds is 12. The van der Waals surface area contributed by atoms with E-state index < -0.39 is 5.92 Å². The average molecular weight is 756 g/mol. The molecule has 5 aromatic rings. The molecule has 7 rings (SSSR count). The number of ether oxygens (including phenoxy) is 2. The predicted octanol–water partition coefficient (Wildman–Crippen LogP) is 4.33. The molecule has 282 valence electrons. The molecule has 15 nitrogen and oxygen atoms in total. The topological polar surface area (TPSA) is 175 Å². The number of aromatic nitrogens is 5. The standard InChI is InChI=1S/C38H42ClN9O6/c1-40-33(50)21-54-31-18-23-17-24(6-10-29(23)46(2)37(31)52)42-35-28(39)20-41-38(44-35)48-14-12-22(13-15-48)5-4-16-53-25-7-8-26-30(19-25)47(3)45-34(26)27-9-11-32(49)43-36(27)51/h6-8,10,17-20,22,27H,4-5,9,11-16,21H2,1-3H3,(H,40,50)(H,41,42,44)(H,43,49,51). The number of halogens is 1. The highest BCUT2D eigenvalue weighted by Crippen LogP contribution is 2.33. The summed E-state index contributed by atoms with van der Waals surface area (Å²) in [6.45, 7) is 1.97. The fourth-order valence-corrected chi connectivity index (χ4v) is 7.27. The number of pyridine rings is 1. The van der Waals surface area contributed by atoms with Crippen molar-refractivity contribution in [1.82, 2.24) is 34.9 Å². The van der Waals surface area contributed by atoms with Crippen molar-refractivity contribution >= 4 is 68.6 Å². The van der Waals surface area contributed by atoms with Gasteiger partial charge in [0.2, 0.25) is 17.8 Å². The van der Waals surface area contributed by atoms with Crippen molar-refractivity contribution in [2.75, 3.05) is 43.6 Å². The molecule has 3 N–H and O–H groups in total. The number of fused-ring (bicyclic) bond motifs is 2. The van der Waals surface area contributed by atoms with Crippen LogP contribution in [0.25, 0.3) is 21.8 Å². The highest BCUT2D eigenvalue weighted by molar-refractivity contribution is 6.33. The second-order valence-corrected chi connectivity index (χ2v) is 14.1. The van der Waals surface area contributed by atoms with Crippen molar-refractivity contribution in [3.05, 3.63) is 69.7 Å². The second-order valence-electron chi connectivity index (χ2n) is 13.7. The average Bonchev–Trinajstić information content (AvgIpc) is 3.50. The van der Waals surface area contributed by atoms with Crippen LogP contribution in [0.4, 0.5) is 17.5 Å². The van der Waals surface area contributed by atoms with Gasteiger partial charge in [-0.1, -0.05) is 11.6 Å². The van der Waals surface area contributed by atoms with Crippen LogP contribution in [0, 0.1) is 5.92 Å². The summed E-state index contributed by atoms with van der Waals surface area (Å²) in [5.74, 6) is 1.15. The molecular weight excluding hydrogens is 714 g/mol. The number of carbonyl (C=O) groups is 3. The van der Waals surface area contributed by atoms with Crippen molar-refractivity contribution in [3.8, 4) is 11.5 Å². The van der Waals surface area contributed by atoms with Gasteiger partial charge in [0.05, 0.1) is 35.4 Å². The van der Waals surface area contributed by atoms with Crippen molar-refractivity contribution < 1.29 is 23.9 Å². The van der Waals surface area contributed by atoms with Gasteiger partial charge in [0.1, 0.15) is 10.8 Å². The summed E-state index contributed by atoms with van der Waals surface area (Å²) in [4.78, 5) is 60.0. The molecule has 2 aliphatic rings. The molecule has 2 aromatic carbocycles. The van der Waals surface area contributed by atoms with Crippen LogP contribution in [0.2, 0.25) is 5.02 Å². The third-order valence-corrected chi connectivity index (χ3v) is 10.4. The molecule has 1 atom stereocenters. The zero-order chi connectivity index (χ0) is 37.9. The number of imide groups is 1. The number of aryl methyl sites for hydroxylation is 2. The van der Waals surface area contributed by atoms with Crippen LogP contribution in [0.1, 0.15) is 50.1 Å². The first kappa shape index (κ1) is 36.6. The number of carbonyl (C=O) groups excluding carboxylic acids is 3. The third-order valence-electron chi connectivity index (χ3n) is 10.2. The van der Waals surface area contributed by atoms with Gasteiger partial charge in [-0.2, -0.15) is 10.1 Å². The lowest BCUT2D eigenvalue weighted by molar-refractivity contribution is -0.134. The molecule has 0 aliphatic carbocycles. The van der Waals surface area contributed by atoms with E-state index >= 15 is 0 Å². The molecule has 0 saturated carbocycles. The highest BCUT2D eigenvalue weighted by Gasteiger charge is 2.31. The molecule has 2 aliphatic heterocycles. The van der Waals surface area contributed by atoms with E-state index in [0.29, 0.717) is 59.1 Å². The molecule has 1 unspecified atom stereocenters. The molecule has 0 spiro atoms. The van der Waals surface area contributed by atoms with Crippen molar-refractivity contribution in [3.63, 3.8) is 0 Å². The van der Waals surface area contributed by atoms with Gasteiger partial charge in [0.25, 0.3) is 11.5 Å².